The van der Waals surface area contributed by atoms with Gasteiger partial charge in [0.05, 0.1) is 4.90 Å². The number of nitrogens with one attached hydrogen (secondary N) is 1. The summed E-state index contributed by atoms with van der Waals surface area (Å²) in [6.07, 6.45) is 0. The molecule has 2 aromatic carbocycles. The monoisotopic (exact) mass is 407 g/mol. The Hall–Kier alpha value is -1.93. The molecule has 0 atom stereocenters. The van der Waals surface area contributed by atoms with Crippen LogP contribution < -0.4 is 5.32 Å². The van der Waals surface area contributed by atoms with Crippen LogP contribution in [0.25, 0.3) is 0 Å². The first kappa shape index (κ1) is 19.8. The number of benzene rings is 2. The smallest absolute Gasteiger partial charge is 0.255 e. The highest BCUT2D eigenvalue weighted by Gasteiger charge is 2.28. The number of hydrogen-bond donors (Lipinski definition) is 1. The standard InChI is InChI=1S/C19H22ClN3O3S/c1-2-22-9-11-23(12-10-22)27(25,26)18-8-4-7-17(14-18)21-19(24)15-5-3-6-16(20)13-15/h3-8,13-14H,2,9-12H2,1H3,(H,21,24). The molecule has 0 bridgehead atoms. The summed E-state index contributed by atoms with van der Waals surface area (Å²) < 4.78 is 27.3. The van der Waals surface area contributed by atoms with E-state index in [1.807, 2.05) is 0 Å². The molecule has 1 fully saturated rings. The van der Waals surface area contributed by atoms with Crippen LogP contribution in [0.4, 0.5) is 5.69 Å². The van der Waals surface area contributed by atoms with Crippen molar-refractivity contribution in [2.45, 2.75) is 11.8 Å². The third-order valence-electron chi connectivity index (χ3n) is 4.59. The van der Waals surface area contributed by atoms with E-state index in [0.29, 0.717) is 29.4 Å². The summed E-state index contributed by atoms with van der Waals surface area (Å²) in [7, 11) is -3.59. The molecule has 1 N–H and O–H groups in total. The van der Waals surface area contributed by atoms with Crippen LogP contribution in [0.2, 0.25) is 5.02 Å². The fourth-order valence-corrected chi connectivity index (χ4v) is 4.66. The van der Waals surface area contributed by atoms with Crippen molar-refractivity contribution in [3.05, 3.63) is 59.1 Å². The average Bonchev–Trinajstić information content (AvgIpc) is 2.68. The molecular weight excluding hydrogens is 386 g/mol. The number of amides is 1. The molecule has 0 unspecified atom stereocenters. The van der Waals surface area contributed by atoms with Gasteiger partial charge in [-0.25, -0.2) is 8.42 Å². The Labute approximate surface area is 164 Å². The first-order chi connectivity index (χ1) is 12.9. The molecule has 0 aliphatic carbocycles. The number of carbonyl (C=O) groups excluding carboxylic acids is 1. The van der Waals surface area contributed by atoms with Gasteiger partial charge in [-0.1, -0.05) is 30.7 Å². The van der Waals surface area contributed by atoms with Gasteiger partial charge < -0.3 is 10.2 Å². The summed E-state index contributed by atoms with van der Waals surface area (Å²) in [6.45, 7) is 5.36. The highest BCUT2D eigenvalue weighted by Crippen LogP contribution is 2.22. The summed E-state index contributed by atoms with van der Waals surface area (Å²) in [4.78, 5) is 14.8. The molecule has 0 saturated carbocycles. The summed E-state index contributed by atoms with van der Waals surface area (Å²) in [5.74, 6) is -0.344. The van der Waals surface area contributed by atoms with Crippen molar-refractivity contribution in [1.29, 1.82) is 0 Å². The second-order valence-electron chi connectivity index (χ2n) is 6.33. The van der Waals surface area contributed by atoms with E-state index in [0.717, 1.165) is 19.6 Å². The maximum atomic E-state index is 12.9. The van der Waals surface area contributed by atoms with Crippen LogP contribution in [0.1, 0.15) is 17.3 Å². The zero-order valence-electron chi connectivity index (χ0n) is 15.1. The van der Waals surface area contributed by atoms with E-state index in [9.17, 15) is 13.2 Å². The van der Waals surface area contributed by atoms with Crippen LogP contribution in [0.5, 0.6) is 0 Å². The van der Waals surface area contributed by atoms with Crippen LogP contribution in [-0.4, -0.2) is 56.3 Å². The SMILES string of the molecule is CCN1CCN(S(=O)(=O)c2cccc(NC(=O)c3cccc(Cl)c3)c2)CC1. The second-order valence-corrected chi connectivity index (χ2v) is 8.71. The molecule has 8 heteroatoms. The lowest BCUT2D eigenvalue weighted by Crippen LogP contribution is -2.48. The molecule has 0 aromatic heterocycles. The molecule has 6 nitrogen and oxygen atoms in total. The quantitative estimate of drug-likeness (QED) is 0.827. The van der Waals surface area contributed by atoms with E-state index in [-0.39, 0.29) is 10.8 Å². The number of anilines is 1. The number of piperazine rings is 1. The summed E-state index contributed by atoms with van der Waals surface area (Å²) in [5, 5.41) is 3.19. The average molecular weight is 408 g/mol. The topological polar surface area (TPSA) is 69.7 Å². The van der Waals surface area contributed by atoms with Gasteiger partial charge in [0.25, 0.3) is 5.91 Å². The number of carbonyl (C=O) groups is 1. The number of nitrogens with zero attached hydrogens (tertiary/aromatic N) is 2. The molecule has 3 rings (SSSR count). The van der Waals surface area contributed by atoms with Gasteiger partial charge in [0.1, 0.15) is 0 Å². The van der Waals surface area contributed by atoms with E-state index in [1.165, 1.54) is 10.4 Å². The lowest BCUT2D eigenvalue weighted by atomic mass is 10.2. The largest absolute Gasteiger partial charge is 0.322 e. The predicted molar refractivity (Wildman–Crippen MR) is 107 cm³/mol. The number of likely N-dealkylation sites (N-methyl/N-ethyl adjacent to an activating group) is 1. The maximum absolute atomic E-state index is 12.9. The van der Waals surface area contributed by atoms with Crippen molar-refractivity contribution in [2.75, 3.05) is 38.0 Å². The first-order valence-corrected chi connectivity index (χ1v) is 10.6. The molecule has 0 radical (unpaired) electrons. The highest BCUT2D eigenvalue weighted by atomic mass is 35.5. The molecule has 144 valence electrons. The summed E-state index contributed by atoms with van der Waals surface area (Å²) in [5.41, 5.74) is 0.833. The minimum atomic E-state index is -3.59. The minimum absolute atomic E-state index is 0.177. The van der Waals surface area contributed by atoms with E-state index in [4.69, 9.17) is 11.6 Å². The van der Waals surface area contributed by atoms with Crippen molar-refractivity contribution in [3.8, 4) is 0 Å². The third kappa shape index (κ3) is 4.68. The third-order valence-corrected chi connectivity index (χ3v) is 6.72. The highest BCUT2D eigenvalue weighted by molar-refractivity contribution is 7.89. The predicted octanol–water partition coefficient (Wildman–Crippen LogP) is 2.92. The van der Waals surface area contributed by atoms with Gasteiger partial charge in [-0.3, -0.25) is 4.79 Å². The molecule has 1 aliphatic rings. The molecule has 1 aliphatic heterocycles. The van der Waals surface area contributed by atoms with Crippen molar-refractivity contribution in [3.63, 3.8) is 0 Å². The van der Waals surface area contributed by atoms with E-state index in [1.54, 1.807) is 42.5 Å². The van der Waals surface area contributed by atoms with Crippen LogP contribution in [0.3, 0.4) is 0 Å². The zero-order valence-corrected chi connectivity index (χ0v) is 16.6. The van der Waals surface area contributed by atoms with Gasteiger partial charge >= 0.3 is 0 Å². The number of sulfonamides is 1. The van der Waals surface area contributed by atoms with Crippen molar-refractivity contribution < 1.29 is 13.2 Å². The van der Waals surface area contributed by atoms with E-state index < -0.39 is 10.0 Å². The Bertz CT molecular complexity index is 925. The molecule has 27 heavy (non-hydrogen) atoms. The lowest BCUT2D eigenvalue weighted by Gasteiger charge is -2.33. The Morgan fingerprint density at radius 1 is 1.07 bits per heavy atom. The normalized spacial score (nSPS) is 16.2. The summed E-state index contributed by atoms with van der Waals surface area (Å²) >= 11 is 5.92. The van der Waals surface area contributed by atoms with Gasteiger partial charge in [0, 0.05) is 42.5 Å². The molecular formula is C19H22ClN3O3S. The van der Waals surface area contributed by atoms with Crippen LogP contribution in [-0.2, 0) is 10.0 Å². The molecule has 1 saturated heterocycles. The lowest BCUT2D eigenvalue weighted by molar-refractivity contribution is 0.102. The van der Waals surface area contributed by atoms with Crippen molar-refractivity contribution in [2.24, 2.45) is 0 Å². The van der Waals surface area contributed by atoms with Crippen LogP contribution in [0, 0.1) is 0 Å². The minimum Gasteiger partial charge on any atom is -0.322 e. The van der Waals surface area contributed by atoms with Gasteiger partial charge in [-0.2, -0.15) is 4.31 Å². The van der Waals surface area contributed by atoms with Crippen LogP contribution >= 0.6 is 11.6 Å². The van der Waals surface area contributed by atoms with E-state index in [2.05, 4.69) is 17.1 Å². The number of hydrogen-bond acceptors (Lipinski definition) is 4. The second kappa shape index (κ2) is 8.39. The Morgan fingerprint density at radius 2 is 1.78 bits per heavy atom. The van der Waals surface area contributed by atoms with Gasteiger partial charge in [0.15, 0.2) is 0 Å². The Balaban J connectivity index is 1.76. The van der Waals surface area contributed by atoms with Gasteiger partial charge in [-0.05, 0) is 42.9 Å². The maximum Gasteiger partial charge on any atom is 0.255 e. The summed E-state index contributed by atoms with van der Waals surface area (Å²) in [6, 6.07) is 12.9. The van der Waals surface area contributed by atoms with Crippen LogP contribution in [0.15, 0.2) is 53.4 Å². The molecule has 1 amide bonds. The fraction of sp³-hybridized carbons (Fsp3) is 0.316. The molecule has 0 spiro atoms. The van der Waals surface area contributed by atoms with Gasteiger partial charge in [0.2, 0.25) is 10.0 Å². The zero-order chi connectivity index (χ0) is 19.4. The number of rotatable bonds is 5. The molecule has 1 heterocycles. The Morgan fingerprint density at radius 3 is 2.44 bits per heavy atom. The molecule has 2 aromatic rings. The van der Waals surface area contributed by atoms with Crippen molar-refractivity contribution in [1.82, 2.24) is 9.21 Å². The van der Waals surface area contributed by atoms with E-state index >= 15 is 0 Å². The van der Waals surface area contributed by atoms with Gasteiger partial charge in [-0.15, -0.1) is 0 Å². The Kier molecular flexibility index (Phi) is 6.16. The fourth-order valence-electron chi connectivity index (χ4n) is 3.00. The first-order valence-electron chi connectivity index (χ1n) is 8.79. The number of halogens is 1. The van der Waals surface area contributed by atoms with Crippen molar-refractivity contribution >= 4 is 33.2 Å².